The summed E-state index contributed by atoms with van der Waals surface area (Å²) in [6.07, 6.45) is 7.31. The van der Waals surface area contributed by atoms with Crippen molar-refractivity contribution in [3.05, 3.63) is 53.5 Å². The van der Waals surface area contributed by atoms with E-state index in [1.54, 1.807) is 18.7 Å². The van der Waals surface area contributed by atoms with Crippen molar-refractivity contribution in [2.24, 2.45) is 0 Å². The van der Waals surface area contributed by atoms with Crippen LogP contribution in [0, 0.1) is 0 Å². The molecule has 2 aromatic carbocycles. The average Bonchev–Trinajstić information content (AvgIpc) is 3.28. The molecule has 184 valence electrons. The molecule has 1 aliphatic rings. The Morgan fingerprint density at radius 1 is 1.17 bits per heavy atom. The van der Waals surface area contributed by atoms with Crippen molar-refractivity contribution >= 4 is 59.8 Å². The first-order valence-electron chi connectivity index (χ1n) is 11.8. The van der Waals surface area contributed by atoms with E-state index in [1.807, 2.05) is 54.4 Å². The number of carbonyl (C=O) groups excluding carboxylic acids is 1. The standard InChI is InChI=1S/C26H31N5O2S2/c1-30-12-10-19(11-13-30)31(2)25(32)23-15-21-22(34-23)9-8-17-16-27-26(29-24(17)21)28-18-6-5-7-20(14-18)35(3,4)33/h5-9,14-16,19,35H,10-13H2,1-4H3,(H,27,28,29). The number of thiophene rings is 1. The van der Waals surface area contributed by atoms with Gasteiger partial charge in [0.1, 0.15) is 0 Å². The lowest BCUT2D eigenvalue weighted by Crippen LogP contribution is -2.44. The quantitative estimate of drug-likeness (QED) is 0.389. The summed E-state index contributed by atoms with van der Waals surface area (Å²) in [6, 6.07) is 13.8. The molecule has 9 heteroatoms. The maximum Gasteiger partial charge on any atom is 0.263 e. The summed E-state index contributed by atoms with van der Waals surface area (Å²) in [6.45, 7) is 2.03. The van der Waals surface area contributed by atoms with Crippen LogP contribution in [0.25, 0.3) is 21.0 Å². The fraction of sp³-hybridized carbons (Fsp3) is 0.346. The van der Waals surface area contributed by atoms with Crippen LogP contribution < -0.4 is 5.32 Å². The van der Waals surface area contributed by atoms with E-state index in [1.165, 1.54) is 11.3 Å². The van der Waals surface area contributed by atoms with E-state index in [-0.39, 0.29) is 11.9 Å². The van der Waals surface area contributed by atoms with Crippen molar-refractivity contribution in [1.29, 1.82) is 0 Å². The number of aromatic nitrogens is 2. The summed E-state index contributed by atoms with van der Waals surface area (Å²) in [5.41, 5.74) is 1.60. The van der Waals surface area contributed by atoms with Gasteiger partial charge in [-0.25, -0.2) is 9.97 Å². The second-order valence-electron chi connectivity index (χ2n) is 9.70. The van der Waals surface area contributed by atoms with Crippen LogP contribution in [0.15, 0.2) is 53.6 Å². The normalized spacial score (nSPS) is 16.0. The fourth-order valence-electron chi connectivity index (χ4n) is 4.54. The highest BCUT2D eigenvalue weighted by Gasteiger charge is 2.26. The molecule has 35 heavy (non-hydrogen) atoms. The zero-order valence-electron chi connectivity index (χ0n) is 20.5. The molecule has 1 aliphatic heterocycles. The molecular formula is C26H31N5O2S2. The minimum atomic E-state index is -2.37. The molecule has 1 amide bonds. The Labute approximate surface area is 210 Å². The molecule has 3 heterocycles. The van der Waals surface area contributed by atoms with Crippen LogP contribution in [0.1, 0.15) is 22.5 Å². The molecule has 0 spiro atoms. The zero-order chi connectivity index (χ0) is 24.7. The summed E-state index contributed by atoms with van der Waals surface area (Å²) in [5, 5.41) is 5.13. The molecule has 4 aromatic rings. The second-order valence-corrected chi connectivity index (χ2v) is 14.0. The third kappa shape index (κ3) is 4.94. The van der Waals surface area contributed by atoms with Crippen LogP contribution in [-0.4, -0.2) is 75.6 Å². The van der Waals surface area contributed by atoms with Crippen LogP contribution in [0.4, 0.5) is 11.6 Å². The SMILES string of the molecule is CN1CCC(N(C)C(=O)c2cc3c(ccc4cnc(Nc5cccc([SH](C)(C)=O)c5)nc43)s2)CC1. The van der Waals surface area contributed by atoms with Crippen molar-refractivity contribution in [2.45, 2.75) is 23.8 Å². The molecule has 0 atom stereocenters. The first-order chi connectivity index (χ1) is 16.7. The van der Waals surface area contributed by atoms with Crippen molar-refractivity contribution in [3.8, 4) is 0 Å². The van der Waals surface area contributed by atoms with Crippen LogP contribution >= 0.6 is 11.3 Å². The Morgan fingerprint density at radius 2 is 1.94 bits per heavy atom. The molecule has 2 aromatic heterocycles. The van der Waals surface area contributed by atoms with Gasteiger partial charge in [-0.3, -0.25) is 9.00 Å². The second kappa shape index (κ2) is 9.29. The highest BCUT2D eigenvalue weighted by atomic mass is 32.2. The van der Waals surface area contributed by atoms with E-state index in [2.05, 4.69) is 22.2 Å². The number of fused-ring (bicyclic) bond motifs is 3. The van der Waals surface area contributed by atoms with Gasteiger partial charge in [-0.05, 0) is 81.9 Å². The molecule has 1 saturated heterocycles. The van der Waals surface area contributed by atoms with Crippen molar-refractivity contribution in [2.75, 3.05) is 45.0 Å². The average molecular weight is 510 g/mol. The number of amides is 1. The highest BCUT2D eigenvalue weighted by molar-refractivity contribution is 8.01. The van der Waals surface area contributed by atoms with Crippen molar-refractivity contribution < 1.29 is 9.00 Å². The Bertz CT molecular complexity index is 1450. The van der Waals surface area contributed by atoms with Gasteiger partial charge in [0.2, 0.25) is 5.95 Å². The van der Waals surface area contributed by atoms with Gasteiger partial charge >= 0.3 is 0 Å². The van der Waals surface area contributed by atoms with Gasteiger partial charge in [-0.1, -0.05) is 16.0 Å². The number of likely N-dealkylation sites (tertiary alicyclic amines) is 1. The molecule has 5 rings (SSSR count). The molecule has 1 fully saturated rings. The van der Waals surface area contributed by atoms with Gasteiger partial charge in [-0.2, -0.15) is 0 Å². The molecule has 0 unspecified atom stereocenters. The van der Waals surface area contributed by atoms with Gasteiger partial charge in [0.15, 0.2) is 0 Å². The van der Waals surface area contributed by atoms with Crippen LogP contribution in [-0.2, 0) is 9.93 Å². The number of anilines is 2. The maximum atomic E-state index is 13.3. The van der Waals surface area contributed by atoms with E-state index in [9.17, 15) is 9.00 Å². The van der Waals surface area contributed by atoms with Crippen molar-refractivity contribution in [1.82, 2.24) is 19.8 Å². The number of hydrogen-bond acceptors (Lipinski definition) is 7. The number of benzene rings is 2. The molecule has 0 radical (unpaired) electrons. The van der Waals surface area contributed by atoms with E-state index in [0.29, 0.717) is 5.95 Å². The van der Waals surface area contributed by atoms with Crippen molar-refractivity contribution in [3.63, 3.8) is 0 Å². The van der Waals surface area contributed by atoms with Crippen LogP contribution in [0.3, 0.4) is 0 Å². The summed E-state index contributed by atoms with van der Waals surface area (Å²) < 4.78 is 13.5. The fourth-order valence-corrected chi connectivity index (χ4v) is 6.49. The van der Waals surface area contributed by atoms with Gasteiger partial charge in [0.25, 0.3) is 5.91 Å². The summed E-state index contributed by atoms with van der Waals surface area (Å²) in [7, 11) is 1.68. The lowest BCUT2D eigenvalue weighted by atomic mass is 10.0. The first-order valence-corrected chi connectivity index (χ1v) is 15.2. The van der Waals surface area contributed by atoms with E-state index < -0.39 is 9.93 Å². The smallest absolute Gasteiger partial charge is 0.263 e. The molecule has 1 N–H and O–H groups in total. The number of piperidine rings is 1. The number of rotatable bonds is 5. The first kappa shape index (κ1) is 23.8. The minimum Gasteiger partial charge on any atom is -0.338 e. The summed E-state index contributed by atoms with van der Waals surface area (Å²) in [4.78, 5) is 28.3. The van der Waals surface area contributed by atoms with Gasteiger partial charge in [0, 0.05) is 45.3 Å². The number of carbonyl (C=O) groups is 1. The lowest BCUT2D eigenvalue weighted by Gasteiger charge is -2.34. The molecule has 7 nitrogen and oxygen atoms in total. The van der Waals surface area contributed by atoms with E-state index in [0.717, 1.165) is 62.4 Å². The predicted octanol–water partition coefficient (Wildman–Crippen LogP) is 4.39. The Balaban J connectivity index is 1.45. The number of nitrogens with zero attached hydrogens (tertiary/aromatic N) is 4. The lowest BCUT2D eigenvalue weighted by molar-refractivity contribution is 0.0664. The topological polar surface area (TPSA) is 78.4 Å². The number of thiol groups is 1. The largest absolute Gasteiger partial charge is 0.338 e. The van der Waals surface area contributed by atoms with Gasteiger partial charge in [-0.15, -0.1) is 11.3 Å². The summed E-state index contributed by atoms with van der Waals surface area (Å²) in [5.74, 6) is 0.536. The Kier molecular flexibility index (Phi) is 6.33. The van der Waals surface area contributed by atoms with Gasteiger partial charge < -0.3 is 15.1 Å². The molecule has 0 aliphatic carbocycles. The summed E-state index contributed by atoms with van der Waals surface area (Å²) >= 11 is 1.51. The van der Waals surface area contributed by atoms with Crippen LogP contribution in [0.2, 0.25) is 0 Å². The monoisotopic (exact) mass is 509 g/mol. The zero-order valence-corrected chi connectivity index (χ0v) is 22.2. The number of nitrogens with one attached hydrogen (secondary N) is 1. The molecule has 0 saturated carbocycles. The Hall–Kier alpha value is -2.88. The molecule has 0 bridgehead atoms. The van der Waals surface area contributed by atoms with E-state index >= 15 is 0 Å². The number of hydrogen-bond donors (Lipinski definition) is 2. The minimum absolute atomic E-state index is 0.0710. The maximum absolute atomic E-state index is 13.3. The Morgan fingerprint density at radius 3 is 2.69 bits per heavy atom. The highest BCUT2D eigenvalue weighted by Crippen LogP contribution is 2.33. The van der Waals surface area contributed by atoms with E-state index in [4.69, 9.17) is 4.98 Å². The van der Waals surface area contributed by atoms with Crippen LogP contribution in [0.5, 0.6) is 0 Å². The molecular weight excluding hydrogens is 478 g/mol. The third-order valence-electron chi connectivity index (χ3n) is 6.74. The predicted molar refractivity (Wildman–Crippen MR) is 147 cm³/mol. The van der Waals surface area contributed by atoms with Gasteiger partial charge in [0.05, 0.1) is 10.4 Å². The third-order valence-corrected chi connectivity index (χ3v) is 9.35.